The molecular formula is C14H18ClNO. The van der Waals surface area contributed by atoms with Gasteiger partial charge in [0.25, 0.3) is 0 Å². The summed E-state index contributed by atoms with van der Waals surface area (Å²) in [7, 11) is 0. The van der Waals surface area contributed by atoms with Gasteiger partial charge in [-0.25, -0.2) is 0 Å². The molecule has 3 heteroatoms. The molecule has 0 radical (unpaired) electrons. The number of aldehydes is 1. The van der Waals surface area contributed by atoms with Crippen LogP contribution in [0.4, 0.5) is 5.69 Å². The summed E-state index contributed by atoms with van der Waals surface area (Å²) in [4.78, 5) is 13.5. The molecule has 0 saturated heterocycles. The SMILES string of the molecule is CC(C)CN(c1ccc(Cl)cc1C=O)C1CC1. The summed E-state index contributed by atoms with van der Waals surface area (Å²) in [5.74, 6) is 0.589. The third kappa shape index (κ3) is 3.01. The van der Waals surface area contributed by atoms with Crippen LogP contribution in [0.15, 0.2) is 18.2 Å². The number of hydrogen-bond donors (Lipinski definition) is 0. The second-order valence-electron chi connectivity index (χ2n) is 5.10. The van der Waals surface area contributed by atoms with Crippen molar-refractivity contribution in [2.24, 2.45) is 5.92 Å². The monoisotopic (exact) mass is 251 g/mol. The standard InChI is InChI=1S/C14H18ClNO/c1-10(2)8-16(13-4-5-13)14-6-3-12(15)7-11(14)9-17/h3,6-7,9-10,13H,4-5,8H2,1-2H3. The van der Waals surface area contributed by atoms with E-state index in [-0.39, 0.29) is 0 Å². The van der Waals surface area contributed by atoms with Crippen LogP contribution in [0.2, 0.25) is 5.02 Å². The number of carbonyl (C=O) groups is 1. The Morgan fingerprint density at radius 2 is 2.18 bits per heavy atom. The topological polar surface area (TPSA) is 20.3 Å². The Labute approximate surface area is 108 Å². The van der Waals surface area contributed by atoms with Crippen molar-refractivity contribution in [2.45, 2.75) is 32.7 Å². The van der Waals surface area contributed by atoms with E-state index in [1.54, 1.807) is 6.07 Å². The lowest BCUT2D eigenvalue weighted by Crippen LogP contribution is -2.30. The highest BCUT2D eigenvalue weighted by Gasteiger charge is 2.30. The highest BCUT2D eigenvalue weighted by atomic mass is 35.5. The number of hydrogen-bond acceptors (Lipinski definition) is 2. The van der Waals surface area contributed by atoms with Gasteiger partial charge in [-0.3, -0.25) is 4.79 Å². The summed E-state index contributed by atoms with van der Waals surface area (Å²) in [6.07, 6.45) is 3.36. The van der Waals surface area contributed by atoms with Gasteiger partial charge in [-0.05, 0) is 37.0 Å². The molecule has 0 spiro atoms. The van der Waals surface area contributed by atoms with Gasteiger partial charge in [0, 0.05) is 28.9 Å². The van der Waals surface area contributed by atoms with E-state index in [0.29, 0.717) is 22.5 Å². The number of anilines is 1. The van der Waals surface area contributed by atoms with Gasteiger partial charge in [0.2, 0.25) is 0 Å². The molecule has 2 rings (SSSR count). The predicted molar refractivity (Wildman–Crippen MR) is 72.0 cm³/mol. The molecule has 1 aromatic rings. The van der Waals surface area contributed by atoms with E-state index in [1.165, 1.54) is 12.8 Å². The molecule has 1 fully saturated rings. The first-order valence-electron chi connectivity index (χ1n) is 6.13. The van der Waals surface area contributed by atoms with Crippen molar-refractivity contribution in [3.8, 4) is 0 Å². The molecule has 0 heterocycles. The van der Waals surface area contributed by atoms with E-state index >= 15 is 0 Å². The number of rotatable bonds is 5. The zero-order valence-electron chi connectivity index (χ0n) is 10.3. The van der Waals surface area contributed by atoms with Crippen molar-refractivity contribution in [3.63, 3.8) is 0 Å². The Kier molecular flexibility index (Phi) is 3.72. The number of benzene rings is 1. The van der Waals surface area contributed by atoms with Crippen molar-refractivity contribution in [3.05, 3.63) is 28.8 Å². The van der Waals surface area contributed by atoms with Gasteiger partial charge in [-0.2, -0.15) is 0 Å². The summed E-state index contributed by atoms with van der Waals surface area (Å²) in [5.41, 5.74) is 1.73. The Balaban J connectivity index is 2.31. The molecular weight excluding hydrogens is 234 g/mol. The number of nitrogens with zero attached hydrogens (tertiary/aromatic N) is 1. The Hall–Kier alpha value is -1.02. The summed E-state index contributed by atoms with van der Waals surface area (Å²) >= 11 is 5.92. The molecule has 1 saturated carbocycles. The average molecular weight is 252 g/mol. The summed E-state index contributed by atoms with van der Waals surface area (Å²) in [6, 6.07) is 6.18. The van der Waals surface area contributed by atoms with E-state index in [2.05, 4.69) is 18.7 Å². The molecule has 1 aliphatic carbocycles. The minimum Gasteiger partial charge on any atom is -0.368 e. The Bertz CT molecular complexity index is 413. The molecule has 1 aromatic carbocycles. The first kappa shape index (κ1) is 12.4. The van der Waals surface area contributed by atoms with E-state index < -0.39 is 0 Å². The summed E-state index contributed by atoms with van der Waals surface area (Å²) in [5, 5.41) is 0.621. The molecule has 92 valence electrons. The van der Waals surface area contributed by atoms with E-state index in [0.717, 1.165) is 18.5 Å². The maximum atomic E-state index is 11.1. The lowest BCUT2D eigenvalue weighted by atomic mass is 10.1. The van der Waals surface area contributed by atoms with Gasteiger partial charge in [0.05, 0.1) is 0 Å². The molecule has 2 nitrogen and oxygen atoms in total. The van der Waals surface area contributed by atoms with E-state index in [9.17, 15) is 4.79 Å². The van der Waals surface area contributed by atoms with Gasteiger partial charge in [0.15, 0.2) is 6.29 Å². The van der Waals surface area contributed by atoms with Gasteiger partial charge in [-0.15, -0.1) is 0 Å². The van der Waals surface area contributed by atoms with E-state index in [1.807, 2.05) is 12.1 Å². The van der Waals surface area contributed by atoms with Crippen molar-refractivity contribution in [1.82, 2.24) is 0 Å². The van der Waals surface area contributed by atoms with Crippen LogP contribution >= 0.6 is 11.6 Å². The van der Waals surface area contributed by atoms with Crippen LogP contribution in [-0.2, 0) is 0 Å². The Morgan fingerprint density at radius 1 is 1.47 bits per heavy atom. The van der Waals surface area contributed by atoms with Crippen LogP contribution in [0, 0.1) is 5.92 Å². The summed E-state index contributed by atoms with van der Waals surface area (Å²) in [6.45, 7) is 5.39. The maximum absolute atomic E-state index is 11.1. The Morgan fingerprint density at radius 3 is 2.71 bits per heavy atom. The van der Waals surface area contributed by atoms with E-state index in [4.69, 9.17) is 11.6 Å². The van der Waals surface area contributed by atoms with Crippen molar-refractivity contribution < 1.29 is 4.79 Å². The zero-order valence-corrected chi connectivity index (χ0v) is 11.1. The molecule has 0 aliphatic heterocycles. The minimum absolute atomic E-state index is 0.589. The number of halogens is 1. The molecule has 0 amide bonds. The first-order valence-corrected chi connectivity index (χ1v) is 6.51. The zero-order chi connectivity index (χ0) is 12.4. The van der Waals surface area contributed by atoms with Crippen LogP contribution in [0.5, 0.6) is 0 Å². The largest absolute Gasteiger partial charge is 0.368 e. The number of carbonyl (C=O) groups excluding carboxylic acids is 1. The molecule has 0 unspecified atom stereocenters. The van der Waals surface area contributed by atoms with Crippen molar-refractivity contribution in [1.29, 1.82) is 0 Å². The molecule has 0 aromatic heterocycles. The first-order chi connectivity index (χ1) is 8.11. The van der Waals surface area contributed by atoms with Crippen LogP contribution in [0.3, 0.4) is 0 Å². The average Bonchev–Trinajstić information content (AvgIpc) is 3.09. The maximum Gasteiger partial charge on any atom is 0.152 e. The second-order valence-corrected chi connectivity index (χ2v) is 5.53. The lowest BCUT2D eigenvalue weighted by Gasteiger charge is -2.28. The van der Waals surface area contributed by atoms with Gasteiger partial charge >= 0.3 is 0 Å². The van der Waals surface area contributed by atoms with Crippen LogP contribution < -0.4 is 4.90 Å². The van der Waals surface area contributed by atoms with Crippen LogP contribution in [0.25, 0.3) is 0 Å². The third-order valence-corrected chi connectivity index (χ3v) is 3.21. The summed E-state index contributed by atoms with van der Waals surface area (Å²) < 4.78 is 0. The van der Waals surface area contributed by atoms with Gasteiger partial charge < -0.3 is 4.90 Å². The predicted octanol–water partition coefficient (Wildman–Crippen LogP) is 3.78. The smallest absolute Gasteiger partial charge is 0.152 e. The highest BCUT2D eigenvalue weighted by Crippen LogP contribution is 2.34. The molecule has 0 bridgehead atoms. The molecule has 0 atom stereocenters. The van der Waals surface area contributed by atoms with Gasteiger partial charge in [-0.1, -0.05) is 25.4 Å². The van der Waals surface area contributed by atoms with Crippen molar-refractivity contribution in [2.75, 3.05) is 11.4 Å². The quantitative estimate of drug-likeness (QED) is 0.743. The van der Waals surface area contributed by atoms with Crippen LogP contribution in [0.1, 0.15) is 37.0 Å². The lowest BCUT2D eigenvalue weighted by molar-refractivity contribution is 0.112. The minimum atomic E-state index is 0.589. The third-order valence-electron chi connectivity index (χ3n) is 2.98. The van der Waals surface area contributed by atoms with Crippen molar-refractivity contribution >= 4 is 23.6 Å². The molecule has 1 aliphatic rings. The second kappa shape index (κ2) is 5.09. The normalized spacial score (nSPS) is 15.1. The van der Waals surface area contributed by atoms with Gasteiger partial charge in [0.1, 0.15) is 0 Å². The fourth-order valence-corrected chi connectivity index (χ4v) is 2.29. The fraction of sp³-hybridized carbons (Fsp3) is 0.500. The van der Waals surface area contributed by atoms with Crippen LogP contribution in [-0.4, -0.2) is 18.9 Å². The fourth-order valence-electron chi connectivity index (χ4n) is 2.11. The highest BCUT2D eigenvalue weighted by molar-refractivity contribution is 6.31. The molecule has 0 N–H and O–H groups in total. The molecule has 17 heavy (non-hydrogen) atoms.